The van der Waals surface area contributed by atoms with E-state index >= 15 is 0 Å². The molecule has 1 aromatic carbocycles. The van der Waals surface area contributed by atoms with E-state index in [4.69, 9.17) is 0 Å². The van der Waals surface area contributed by atoms with Crippen LogP contribution in [-0.4, -0.2) is 17.7 Å². The third kappa shape index (κ3) is 7.63. The highest BCUT2D eigenvalue weighted by Crippen LogP contribution is 2.15. The molecule has 0 saturated heterocycles. The maximum atomic E-state index is 10.3. The lowest BCUT2D eigenvalue weighted by atomic mass is 10.00. The standard InChI is InChI=1S/C19H33NO/c1-5-6-7-8-16(4)20-14-19(21)18-11-9-17(10-12-18)13-15(2)3/h9-12,15-16,19-21H,5-8,13-14H2,1-4H3. The van der Waals surface area contributed by atoms with Crippen molar-refractivity contribution in [1.29, 1.82) is 0 Å². The molecule has 0 aromatic heterocycles. The van der Waals surface area contributed by atoms with Gasteiger partial charge in [0, 0.05) is 12.6 Å². The van der Waals surface area contributed by atoms with Crippen LogP contribution in [0.15, 0.2) is 24.3 Å². The molecule has 0 saturated carbocycles. The molecule has 0 amide bonds. The molecule has 21 heavy (non-hydrogen) atoms. The van der Waals surface area contributed by atoms with E-state index in [1.165, 1.54) is 31.2 Å². The van der Waals surface area contributed by atoms with Gasteiger partial charge in [-0.1, -0.05) is 64.3 Å². The fourth-order valence-electron chi connectivity index (χ4n) is 2.58. The van der Waals surface area contributed by atoms with Gasteiger partial charge in [-0.25, -0.2) is 0 Å². The third-order valence-electron chi connectivity index (χ3n) is 3.91. The Morgan fingerprint density at radius 2 is 1.71 bits per heavy atom. The van der Waals surface area contributed by atoms with Gasteiger partial charge in [0.25, 0.3) is 0 Å². The van der Waals surface area contributed by atoms with Gasteiger partial charge in [0.1, 0.15) is 0 Å². The Hall–Kier alpha value is -0.860. The first-order chi connectivity index (χ1) is 10.0. The molecule has 1 rings (SSSR count). The summed E-state index contributed by atoms with van der Waals surface area (Å²) in [6, 6.07) is 8.88. The van der Waals surface area contributed by atoms with Crippen LogP contribution in [0.2, 0.25) is 0 Å². The molecule has 0 aliphatic heterocycles. The summed E-state index contributed by atoms with van der Waals surface area (Å²) in [5.41, 5.74) is 2.36. The first-order valence-corrected chi connectivity index (χ1v) is 8.53. The van der Waals surface area contributed by atoms with Crippen LogP contribution >= 0.6 is 0 Å². The number of hydrogen-bond acceptors (Lipinski definition) is 2. The lowest BCUT2D eigenvalue weighted by molar-refractivity contribution is 0.169. The van der Waals surface area contributed by atoms with Crippen molar-refractivity contribution in [2.75, 3.05) is 6.54 Å². The molecule has 120 valence electrons. The van der Waals surface area contributed by atoms with Crippen LogP contribution in [0.25, 0.3) is 0 Å². The Kier molecular flexibility index (Phi) is 8.63. The second-order valence-electron chi connectivity index (χ2n) is 6.66. The van der Waals surface area contributed by atoms with Crippen LogP contribution in [0.3, 0.4) is 0 Å². The molecule has 2 heteroatoms. The zero-order valence-corrected chi connectivity index (χ0v) is 14.2. The van der Waals surface area contributed by atoms with Crippen LogP contribution in [0, 0.1) is 5.92 Å². The quantitative estimate of drug-likeness (QED) is 0.623. The van der Waals surface area contributed by atoms with Gasteiger partial charge < -0.3 is 10.4 Å². The average Bonchev–Trinajstić information content (AvgIpc) is 2.45. The van der Waals surface area contributed by atoms with Gasteiger partial charge in [0.15, 0.2) is 0 Å². The van der Waals surface area contributed by atoms with Gasteiger partial charge in [0.05, 0.1) is 6.10 Å². The largest absolute Gasteiger partial charge is 0.387 e. The van der Waals surface area contributed by atoms with Gasteiger partial charge in [-0.05, 0) is 36.8 Å². The molecule has 0 spiro atoms. The third-order valence-corrected chi connectivity index (χ3v) is 3.91. The normalized spacial score (nSPS) is 14.4. The highest BCUT2D eigenvalue weighted by molar-refractivity contribution is 5.24. The van der Waals surface area contributed by atoms with E-state index in [2.05, 4.69) is 57.3 Å². The minimum Gasteiger partial charge on any atom is -0.387 e. The Labute approximate surface area is 131 Å². The van der Waals surface area contributed by atoms with Crippen molar-refractivity contribution in [3.63, 3.8) is 0 Å². The van der Waals surface area contributed by atoms with Gasteiger partial charge in [0.2, 0.25) is 0 Å². The molecule has 2 nitrogen and oxygen atoms in total. The predicted molar refractivity (Wildman–Crippen MR) is 91.6 cm³/mol. The van der Waals surface area contributed by atoms with E-state index in [0.717, 1.165) is 12.0 Å². The van der Waals surface area contributed by atoms with Gasteiger partial charge in [-0.3, -0.25) is 0 Å². The summed E-state index contributed by atoms with van der Waals surface area (Å²) in [6.45, 7) is 9.52. The maximum Gasteiger partial charge on any atom is 0.0914 e. The molecule has 0 aliphatic carbocycles. The van der Waals surface area contributed by atoms with Crippen LogP contribution in [0.5, 0.6) is 0 Å². The SMILES string of the molecule is CCCCCC(C)NCC(O)c1ccc(CC(C)C)cc1. The average molecular weight is 291 g/mol. The van der Waals surface area contributed by atoms with Crippen molar-refractivity contribution in [3.05, 3.63) is 35.4 Å². The van der Waals surface area contributed by atoms with Gasteiger partial charge >= 0.3 is 0 Å². The number of benzene rings is 1. The summed E-state index contributed by atoms with van der Waals surface area (Å²) in [4.78, 5) is 0. The highest BCUT2D eigenvalue weighted by atomic mass is 16.3. The molecule has 2 atom stereocenters. The molecule has 0 bridgehead atoms. The van der Waals surface area contributed by atoms with Crippen molar-refractivity contribution < 1.29 is 5.11 Å². The summed E-state index contributed by atoms with van der Waals surface area (Å²) in [5, 5.41) is 13.7. The first kappa shape index (κ1) is 18.2. The Morgan fingerprint density at radius 1 is 1.05 bits per heavy atom. The molecule has 2 unspecified atom stereocenters. The Bertz CT molecular complexity index is 372. The molecule has 0 fully saturated rings. The van der Waals surface area contributed by atoms with E-state index in [1.807, 2.05) is 0 Å². The lowest BCUT2D eigenvalue weighted by Gasteiger charge is -2.17. The first-order valence-electron chi connectivity index (χ1n) is 8.53. The van der Waals surface area contributed by atoms with Crippen LogP contribution < -0.4 is 5.32 Å². The lowest BCUT2D eigenvalue weighted by Crippen LogP contribution is -2.30. The Balaban J connectivity index is 2.35. The van der Waals surface area contributed by atoms with Gasteiger partial charge in [-0.2, -0.15) is 0 Å². The summed E-state index contributed by atoms with van der Waals surface area (Å²) < 4.78 is 0. The second kappa shape index (κ2) is 9.97. The molecular weight excluding hydrogens is 258 g/mol. The van der Waals surface area contributed by atoms with Crippen molar-refractivity contribution in [2.24, 2.45) is 5.92 Å². The summed E-state index contributed by atoms with van der Waals surface area (Å²) in [6.07, 6.45) is 5.71. The minimum absolute atomic E-state index is 0.410. The van der Waals surface area contributed by atoms with E-state index in [0.29, 0.717) is 18.5 Å². The number of rotatable bonds is 10. The van der Waals surface area contributed by atoms with E-state index in [9.17, 15) is 5.11 Å². The molecular formula is C19H33NO. The minimum atomic E-state index is -0.410. The van der Waals surface area contributed by atoms with Crippen molar-refractivity contribution in [1.82, 2.24) is 5.32 Å². The van der Waals surface area contributed by atoms with Crippen LogP contribution in [0.1, 0.15) is 70.6 Å². The van der Waals surface area contributed by atoms with E-state index in [1.54, 1.807) is 0 Å². The van der Waals surface area contributed by atoms with Crippen molar-refractivity contribution in [3.8, 4) is 0 Å². The summed E-state index contributed by atoms with van der Waals surface area (Å²) in [5.74, 6) is 0.673. The fourth-order valence-corrected chi connectivity index (χ4v) is 2.58. The summed E-state index contributed by atoms with van der Waals surface area (Å²) in [7, 11) is 0. The molecule has 2 N–H and O–H groups in total. The van der Waals surface area contributed by atoms with Crippen molar-refractivity contribution in [2.45, 2.75) is 71.9 Å². The topological polar surface area (TPSA) is 32.3 Å². The maximum absolute atomic E-state index is 10.3. The smallest absolute Gasteiger partial charge is 0.0914 e. The zero-order chi connectivity index (χ0) is 15.7. The summed E-state index contributed by atoms with van der Waals surface area (Å²) >= 11 is 0. The number of nitrogens with one attached hydrogen (secondary N) is 1. The second-order valence-corrected chi connectivity index (χ2v) is 6.66. The molecule has 0 heterocycles. The monoisotopic (exact) mass is 291 g/mol. The van der Waals surface area contributed by atoms with Crippen molar-refractivity contribution >= 4 is 0 Å². The van der Waals surface area contributed by atoms with E-state index in [-0.39, 0.29) is 0 Å². The van der Waals surface area contributed by atoms with Gasteiger partial charge in [-0.15, -0.1) is 0 Å². The molecule has 0 radical (unpaired) electrons. The number of aliphatic hydroxyl groups is 1. The Morgan fingerprint density at radius 3 is 2.29 bits per heavy atom. The molecule has 1 aromatic rings. The zero-order valence-electron chi connectivity index (χ0n) is 14.2. The number of aliphatic hydroxyl groups excluding tert-OH is 1. The predicted octanol–water partition coefficient (Wildman–Crippen LogP) is 4.48. The van der Waals surface area contributed by atoms with Crippen LogP contribution in [0.4, 0.5) is 0 Å². The van der Waals surface area contributed by atoms with Crippen LogP contribution in [-0.2, 0) is 6.42 Å². The van der Waals surface area contributed by atoms with E-state index < -0.39 is 6.10 Å². The number of hydrogen-bond donors (Lipinski definition) is 2. The number of unbranched alkanes of at least 4 members (excludes halogenated alkanes) is 2. The molecule has 0 aliphatic rings. The fraction of sp³-hybridized carbons (Fsp3) is 0.684. The highest BCUT2D eigenvalue weighted by Gasteiger charge is 2.09.